The van der Waals surface area contributed by atoms with Gasteiger partial charge in [-0.25, -0.2) is 18.2 Å². The largest absolute Gasteiger partial charge is 0.333 e. The maximum atomic E-state index is 13.7. The molecule has 0 unspecified atom stereocenters. The number of thioether (sulfide) groups is 1. The normalized spacial score (nSPS) is 11.0. The van der Waals surface area contributed by atoms with Crippen molar-refractivity contribution in [2.45, 2.75) is 10.9 Å². The van der Waals surface area contributed by atoms with Gasteiger partial charge in [0.2, 0.25) is 0 Å². The van der Waals surface area contributed by atoms with E-state index in [4.69, 9.17) is 0 Å². The molecule has 0 atom stereocenters. The number of hydrogen-bond donors (Lipinski definition) is 2. The fraction of sp³-hybridized carbons (Fsp3) is 0.0476. The predicted octanol–water partition coefficient (Wildman–Crippen LogP) is 5.52. The zero-order valence-electron chi connectivity index (χ0n) is 14.9. The van der Waals surface area contributed by atoms with Gasteiger partial charge in [-0.3, -0.25) is 4.79 Å². The van der Waals surface area contributed by atoms with E-state index in [9.17, 15) is 18.0 Å². The smallest absolute Gasteiger partial charge is 0.255 e. The van der Waals surface area contributed by atoms with Crippen LogP contribution < -0.4 is 5.32 Å². The topological polar surface area (TPSA) is 57.8 Å². The number of imidazole rings is 1. The van der Waals surface area contributed by atoms with Crippen molar-refractivity contribution < 1.29 is 18.0 Å². The lowest BCUT2D eigenvalue weighted by Gasteiger charge is -2.08. The Morgan fingerprint density at radius 2 is 1.72 bits per heavy atom. The van der Waals surface area contributed by atoms with E-state index in [1.54, 1.807) is 24.3 Å². The highest BCUT2D eigenvalue weighted by atomic mass is 32.2. The van der Waals surface area contributed by atoms with Crippen LogP contribution in [0, 0.1) is 17.5 Å². The molecule has 0 spiro atoms. The van der Waals surface area contributed by atoms with Gasteiger partial charge in [0.25, 0.3) is 5.91 Å². The molecule has 0 aliphatic heterocycles. The summed E-state index contributed by atoms with van der Waals surface area (Å²) < 4.78 is 40.0. The average Bonchev–Trinajstić information content (AvgIpc) is 3.16. The van der Waals surface area contributed by atoms with Crippen molar-refractivity contribution in [2.24, 2.45) is 0 Å². The first kappa shape index (κ1) is 19.1. The number of hydrogen-bond acceptors (Lipinski definition) is 3. The summed E-state index contributed by atoms with van der Waals surface area (Å²) in [5.74, 6) is -4.35. The first-order valence-corrected chi connectivity index (χ1v) is 9.61. The number of para-hydroxylation sites is 2. The molecule has 4 aromatic rings. The minimum atomic E-state index is -1.62. The molecule has 0 saturated heterocycles. The van der Waals surface area contributed by atoms with Crippen LogP contribution in [-0.4, -0.2) is 15.9 Å². The summed E-state index contributed by atoms with van der Waals surface area (Å²) in [4.78, 5) is 20.0. The Balaban J connectivity index is 1.40. The SMILES string of the molecule is O=C(Nc1ccc(F)c(F)c1F)c1ccc(CSc2nc3ccccc3[nH]2)cc1. The lowest BCUT2D eigenvalue weighted by Crippen LogP contribution is -2.13. The van der Waals surface area contributed by atoms with E-state index in [0.717, 1.165) is 33.9 Å². The molecule has 1 heterocycles. The molecule has 4 rings (SSSR count). The highest BCUT2D eigenvalue weighted by Gasteiger charge is 2.16. The summed E-state index contributed by atoms with van der Waals surface area (Å²) in [6.45, 7) is 0. The number of carbonyl (C=O) groups is 1. The van der Waals surface area contributed by atoms with Gasteiger partial charge in [-0.2, -0.15) is 0 Å². The van der Waals surface area contributed by atoms with Crippen molar-refractivity contribution in [3.05, 3.63) is 89.2 Å². The van der Waals surface area contributed by atoms with Gasteiger partial charge in [0, 0.05) is 11.3 Å². The highest BCUT2D eigenvalue weighted by molar-refractivity contribution is 7.98. The van der Waals surface area contributed by atoms with Gasteiger partial charge < -0.3 is 10.3 Å². The zero-order chi connectivity index (χ0) is 20.4. The molecule has 2 N–H and O–H groups in total. The third kappa shape index (κ3) is 4.12. The van der Waals surface area contributed by atoms with Gasteiger partial charge >= 0.3 is 0 Å². The molecule has 0 bridgehead atoms. The average molecular weight is 413 g/mol. The Hall–Kier alpha value is -3.26. The van der Waals surface area contributed by atoms with Crippen molar-refractivity contribution in [3.63, 3.8) is 0 Å². The molecular formula is C21H14F3N3OS. The predicted molar refractivity (Wildman–Crippen MR) is 106 cm³/mol. The second-order valence-electron chi connectivity index (χ2n) is 6.22. The number of amides is 1. The summed E-state index contributed by atoms with van der Waals surface area (Å²) in [7, 11) is 0. The Morgan fingerprint density at radius 1 is 0.966 bits per heavy atom. The van der Waals surface area contributed by atoms with Crippen molar-refractivity contribution in [1.82, 2.24) is 9.97 Å². The molecule has 146 valence electrons. The maximum Gasteiger partial charge on any atom is 0.255 e. The number of carbonyl (C=O) groups excluding carboxylic acids is 1. The van der Waals surface area contributed by atoms with Crippen LogP contribution in [-0.2, 0) is 5.75 Å². The highest BCUT2D eigenvalue weighted by Crippen LogP contribution is 2.24. The van der Waals surface area contributed by atoms with Crippen molar-refractivity contribution >= 4 is 34.4 Å². The number of benzene rings is 3. The Kier molecular flexibility index (Phi) is 5.26. The molecule has 3 aromatic carbocycles. The molecule has 1 aromatic heterocycles. The number of H-pyrrole nitrogens is 1. The second kappa shape index (κ2) is 8.00. The number of aromatic nitrogens is 2. The summed E-state index contributed by atoms with van der Waals surface area (Å²) in [5, 5.41) is 3.04. The fourth-order valence-corrected chi connectivity index (χ4v) is 3.56. The number of aromatic amines is 1. The van der Waals surface area contributed by atoms with Crippen molar-refractivity contribution in [3.8, 4) is 0 Å². The number of anilines is 1. The standard InChI is InChI=1S/C21H14F3N3OS/c22-14-9-10-17(19(24)18(14)23)25-20(28)13-7-5-12(6-8-13)11-29-21-26-15-3-1-2-4-16(15)27-21/h1-10H,11H2,(H,25,28)(H,26,27). The van der Waals surface area contributed by atoms with Gasteiger partial charge in [0.15, 0.2) is 22.6 Å². The van der Waals surface area contributed by atoms with Crippen LogP contribution in [0.1, 0.15) is 15.9 Å². The molecule has 0 aliphatic rings. The van der Waals surface area contributed by atoms with E-state index in [0.29, 0.717) is 5.75 Å². The van der Waals surface area contributed by atoms with Gasteiger partial charge in [0.1, 0.15) is 0 Å². The molecule has 0 aliphatic carbocycles. The summed E-state index contributed by atoms with van der Waals surface area (Å²) >= 11 is 1.53. The molecular weight excluding hydrogens is 399 g/mol. The van der Waals surface area contributed by atoms with E-state index in [2.05, 4.69) is 15.3 Å². The number of nitrogens with one attached hydrogen (secondary N) is 2. The van der Waals surface area contributed by atoms with E-state index in [1.807, 2.05) is 24.3 Å². The first-order chi connectivity index (χ1) is 14.0. The third-order valence-corrected chi connectivity index (χ3v) is 5.19. The maximum absolute atomic E-state index is 13.7. The molecule has 0 radical (unpaired) electrons. The number of fused-ring (bicyclic) bond motifs is 1. The van der Waals surface area contributed by atoms with Crippen LogP contribution >= 0.6 is 11.8 Å². The van der Waals surface area contributed by atoms with Gasteiger partial charge in [-0.05, 0) is 42.0 Å². The van der Waals surface area contributed by atoms with Crippen molar-refractivity contribution in [2.75, 3.05) is 5.32 Å². The quantitative estimate of drug-likeness (QED) is 0.334. The van der Waals surface area contributed by atoms with Crippen LogP contribution in [0.3, 0.4) is 0 Å². The van der Waals surface area contributed by atoms with Gasteiger partial charge in [-0.15, -0.1) is 0 Å². The minimum Gasteiger partial charge on any atom is -0.333 e. The van der Waals surface area contributed by atoms with Crippen LogP contribution in [0.25, 0.3) is 11.0 Å². The molecule has 29 heavy (non-hydrogen) atoms. The molecule has 8 heteroatoms. The monoisotopic (exact) mass is 413 g/mol. The Bertz CT molecular complexity index is 1160. The molecule has 0 fully saturated rings. The van der Waals surface area contributed by atoms with Gasteiger partial charge in [0.05, 0.1) is 16.7 Å². The van der Waals surface area contributed by atoms with E-state index in [1.165, 1.54) is 11.8 Å². The van der Waals surface area contributed by atoms with Crippen LogP contribution in [0.2, 0.25) is 0 Å². The Morgan fingerprint density at radius 3 is 2.48 bits per heavy atom. The van der Waals surface area contributed by atoms with E-state index < -0.39 is 29.0 Å². The van der Waals surface area contributed by atoms with Gasteiger partial charge in [-0.1, -0.05) is 36.0 Å². The van der Waals surface area contributed by atoms with E-state index >= 15 is 0 Å². The number of rotatable bonds is 5. The minimum absolute atomic E-state index is 0.270. The summed E-state index contributed by atoms with van der Waals surface area (Å²) in [6.07, 6.45) is 0. The van der Waals surface area contributed by atoms with E-state index in [-0.39, 0.29) is 5.56 Å². The van der Waals surface area contributed by atoms with Crippen molar-refractivity contribution in [1.29, 1.82) is 0 Å². The molecule has 1 amide bonds. The van der Waals surface area contributed by atoms with Crippen LogP contribution in [0.4, 0.5) is 18.9 Å². The first-order valence-electron chi connectivity index (χ1n) is 8.62. The zero-order valence-corrected chi connectivity index (χ0v) is 15.7. The lowest BCUT2D eigenvalue weighted by atomic mass is 10.1. The third-order valence-electron chi connectivity index (χ3n) is 4.24. The van der Waals surface area contributed by atoms with Crippen LogP contribution in [0.15, 0.2) is 65.8 Å². The number of halogens is 3. The Labute approximate surface area is 168 Å². The summed E-state index contributed by atoms with van der Waals surface area (Å²) in [5.41, 5.74) is 2.68. The van der Waals surface area contributed by atoms with Crippen LogP contribution in [0.5, 0.6) is 0 Å². The molecule has 4 nitrogen and oxygen atoms in total. The second-order valence-corrected chi connectivity index (χ2v) is 7.19. The molecule has 0 saturated carbocycles. The lowest BCUT2D eigenvalue weighted by molar-refractivity contribution is 0.102. The number of nitrogens with zero attached hydrogens (tertiary/aromatic N) is 1. The fourth-order valence-electron chi connectivity index (χ4n) is 2.72. The summed E-state index contributed by atoms with van der Waals surface area (Å²) in [6, 6.07) is 16.2.